The van der Waals surface area contributed by atoms with E-state index in [4.69, 9.17) is 53.8 Å². The Labute approximate surface area is 288 Å². The van der Waals surface area contributed by atoms with Crippen LogP contribution < -0.4 is 24.7 Å². The number of hydrogen-bond acceptors (Lipinski definition) is 13. The van der Waals surface area contributed by atoms with Crippen LogP contribution in [0.4, 0.5) is 0 Å². The Morgan fingerprint density at radius 3 is 1.41 bits per heavy atom. The van der Waals surface area contributed by atoms with E-state index >= 15 is 0 Å². The van der Waals surface area contributed by atoms with Crippen LogP contribution in [0.1, 0.15) is 30.9 Å². The van der Waals surface area contributed by atoms with Crippen molar-refractivity contribution < 1.29 is 57.7 Å². The molecule has 13 heteroatoms. The predicted molar refractivity (Wildman–Crippen MR) is 184 cm³/mol. The maximum absolute atomic E-state index is 12.6. The number of aliphatic hydroxyl groups excluding tert-OH is 2. The summed E-state index contributed by atoms with van der Waals surface area (Å²) in [4.78, 5) is 25.2. The molecule has 0 amide bonds. The van der Waals surface area contributed by atoms with Gasteiger partial charge in [0.15, 0.2) is 34.6 Å². The second kappa shape index (κ2) is 27.1. The second-order valence-corrected chi connectivity index (χ2v) is 10.3. The van der Waals surface area contributed by atoms with E-state index in [1.165, 1.54) is 12.2 Å². The van der Waals surface area contributed by atoms with Crippen LogP contribution in [0, 0.1) is 0 Å². The highest BCUT2D eigenvalue weighted by Crippen LogP contribution is 2.30. The van der Waals surface area contributed by atoms with Crippen molar-refractivity contribution in [3.63, 3.8) is 0 Å². The van der Waals surface area contributed by atoms with Gasteiger partial charge in [-0.2, -0.15) is 0 Å². The Morgan fingerprint density at radius 2 is 0.980 bits per heavy atom. The molecule has 0 aromatic heterocycles. The van der Waals surface area contributed by atoms with Gasteiger partial charge in [0, 0.05) is 6.54 Å². The monoisotopic (exact) mass is 689 g/mol. The average Bonchev–Trinajstić information content (AvgIpc) is 3.11. The van der Waals surface area contributed by atoms with E-state index in [-0.39, 0.29) is 57.6 Å². The molecule has 0 fully saturated rings. The van der Waals surface area contributed by atoms with Crippen molar-refractivity contribution in [2.45, 2.75) is 19.8 Å². The van der Waals surface area contributed by atoms with E-state index in [1.807, 2.05) is 6.92 Å². The first kappa shape index (κ1) is 41.4. The molecule has 0 saturated carbocycles. The fourth-order valence-electron chi connectivity index (χ4n) is 3.96. The molecule has 0 atom stereocenters. The van der Waals surface area contributed by atoms with Crippen molar-refractivity contribution in [1.82, 2.24) is 0 Å². The maximum Gasteiger partial charge on any atom is 0.163 e. The average molecular weight is 690 g/mol. The van der Waals surface area contributed by atoms with Crippen LogP contribution in [0.5, 0.6) is 23.0 Å². The highest BCUT2D eigenvalue weighted by Gasteiger charge is 2.10. The summed E-state index contributed by atoms with van der Waals surface area (Å²) in [7, 11) is 0. The van der Waals surface area contributed by atoms with Crippen molar-refractivity contribution in [2.24, 2.45) is 5.73 Å². The third-order valence-corrected chi connectivity index (χ3v) is 6.23. The fourth-order valence-corrected chi connectivity index (χ4v) is 3.96. The molecule has 0 bridgehead atoms. The zero-order valence-electron chi connectivity index (χ0n) is 28.3. The standard InChI is InChI=1S/C36H51NO12/c1-2-14-46-33-9-5-29(26-35(33)48-24-22-44-20-18-42-16-12-38)3-7-31(40)28-32(41)8-4-30-6-10-34(47-15-11-37)36(27-30)49-25-23-45-21-19-43-17-13-39/h3-10,26-27,38-39H,2,11-25,28,37H2,1H3/b7-3+,8-4+. The van der Waals surface area contributed by atoms with Crippen molar-refractivity contribution in [3.05, 3.63) is 59.7 Å². The first-order chi connectivity index (χ1) is 24.0. The van der Waals surface area contributed by atoms with Crippen LogP contribution in [-0.4, -0.2) is 121 Å². The zero-order chi connectivity index (χ0) is 35.4. The van der Waals surface area contributed by atoms with Crippen molar-refractivity contribution >= 4 is 23.7 Å². The molecule has 272 valence electrons. The molecule has 2 aromatic carbocycles. The summed E-state index contributed by atoms with van der Waals surface area (Å²) in [6.07, 6.45) is 6.49. The lowest BCUT2D eigenvalue weighted by Gasteiger charge is -2.13. The second-order valence-electron chi connectivity index (χ2n) is 10.3. The lowest BCUT2D eigenvalue weighted by Crippen LogP contribution is -2.13. The largest absolute Gasteiger partial charge is 0.490 e. The van der Waals surface area contributed by atoms with Gasteiger partial charge in [0.1, 0.15) is 19.8 Å². The number of benzene rings is 2. The molecule has 49 heavy (non-hydrogen) atoms. The lowest BCUT2D eigenvalue weighted by atomic mass is 10.1. The first-order valence-electron chi connectivity index (χ1n) is 16.4. The van der Waals surface area contributed by atoms with Gasteiger partial charge in [0.2, 0.25) is 0 Å². The van der Waals surface area contributed by atoms with Gasteiger partial charge in [0.25, 0.3) is 0 Å². The van der Waals surface area contributed by atoms with Crippen molar-refractivity contribution in [1.29, 1.82) is 0 Å². The van der Waals surface area contributed by atoms with Crippen molar-refractivity contribution in [2.75, 3.05) is 99.0 Å². The van der Waals surface area contributed by atoms with Gasteiger partial charge in [0.05, 0.1) is 79.1 Å². The van der Waals surface area contributed by atoms with Gasteiger partial charge in [-0.25, -0.2) is 0 Å². The van der Waals surface area contributed by atoms with Gasteiger partial charge in [-0.3, -0.25) is 9.59 Å². The summed E-state index contributed by atoms with van der Waals surface area (Å²) in [5.41, 5.74) is 6.96. The summed E-state index contributed by atoms with van der Waals surface area (Å²) in [5, 5.41) is 17.5. The maximum atomic E-state index is 12.6. The molecular weight excluding hydrogens is 638 g/mol. The summed E-state index contributed by atoms with van der Waals surface area (Å²) >= 11 is 0. The molecule has 0 spiro atoms. The molecule has 13 nitrogen and oxygen atoms in total. The zero-order valence-corrected chi connectivity index (χ0v) is 28.3. The molecule has 0 aliphatic rings. The fraction of sp³-hybridized carbons (Fsp3) is 0.500. The number of carbonyl (C=O) groups is 2. The van der Waals surface area contributed by atoms with E-state index in [0.29, 0.717) is 93.5 Å². The number of ether oxygens (including phenoxy) is 8. The van der Waals surface area contributed by atoms with Gasteiger partial charge >= 0.3 is 0 Å². The van der Waals surface area contributed by atoms with E-state index in [1.54, 1.807) is 48.6 Å². The molecule has 0 unspecified atom stereocenters. The van der Waals surface area contributed by atoms with Crippen LogP contribution >= 0.6 is 0 Å². The molecule has 2 rings (SSSR count). The van der Waals surface area contributed by atoms with Gasteiger partial charge in [-0.15, -0.1) is 0 Å². The summed E-state index contributed by atoms with van der Waals surface area (Å²) in [6.45, 7) is 6.34. The van der Waals surface area contributed by atoms with Crippen LogP contribution in [0.2, 0.25) is 0 Å². The first-order valence-corrected chi connectivity index (χ1v) is 16.4. The molecule has 0 heterocycles. The molecule has 0 saturated heterocycles. The molecule has 4 N–H and O–H groups in total. The third kappa shape index (κ3) is 19.1. The van der Waals surface area contributed by atoms with Crippen LogP contribution in [-0.2, 0) is 28.5 Å². The van der Waals surface area contributed by atoms with E-state index in [0.717, 1.165) is 6.42 Å². The predicted octanol–water partition coefficient (Wildman–Crippen LogP) is 2.88. The topological polar surface area (TPSA) is 174 Å². The minimum Gasteiger partial charge on any atom is -0.490 e. The minimum absolute atomic E-state index is 0.0313. The number of rotatable bonds is 30. The lowest BCUT2D eigenvalue weighted by molar-refractivity contribution is -0.121. The third-order valence-electron chi connectivity index (χ3n) is 6.23. The Morgan fingerprint density at radius 1 is 0.571 bits per heavy atom. The molecular formula is C36H51NO12. The Kier molecular flexibility index (Phi) is 22.8. The summed E-state index contributed by atoms with van der Waals surface area (Å²) in [6, 6.07) is 10.6. The smallest absolute Gasteiger partial charge is 0.163 e. The number of nitrogens with two attached hydrogens (primary N) is 1. The molecule has 2 aromatic rings. The number of carbonyl (C=O) groups excluding carboxylic acids is 2. The Balaban J connectivity index is 1.92. The van der Waals surface area contributed by atoms with E-state index in [9.17, 15) is 9.59 Å². The van der Waals surface area contributed by atoms with Gasteiger partial charge in [-0.05, 0) is 54.0 Å². The van der Waals surface area contributed by atoms with Gasteiger partial charge < -0.3 is 53.8 Å². The number of ketones is 2. The molecule has 0 aliphatic heterocycles. The number of aliphatic hydroxyl groups is 2. The Bertz CT molecular complexity index is 1170. The summed E-state index contributed by atoms with van der Waals surface area (Å²) < 4.78 is 44.4. The van der Waals surface area contributed by atoms with Gasteiger partial charge in [-0.1, -0.05) is 31.2 Å². The van der Waals surface area contributed by atoms with Crippen LogP contribution in [0.15, 0.2) is 48.6 Å². The van der Waals surface area contributed by atoms with E-state index in [2.05, 4.69) is 0 Å². The van der Waals surface area contributed by atoms with Crippen molar-refractivity contribution in [3.8, 4) is 23.0 Å². The highest BCUT2D eigenvalue weighted by atomic mass is 16.6. The van der Waals surface area contributed by atoms with Crippen LogP contribution in [0.25, 0.3) is 12.2 Å². The van der Waals surface area contributed by atoms with Crippen LogP contribution in [0.3, 0.4) is 0 Å². The SMILES string of the molecule is CCCOc1ccc(/C=C/C(=O)CC(=O)/C=C/c2ccc(OCCN)c(OCCOCCOCCO)c2)cc1OCCOCCOCCO. The summed E-state index contributed by atoms with van der Waals surface area (Å²) in [5.74, 6) is 1.36. The number of allylic oxidation sites excluding steroid dienone is 2. The van der Waals surface area contributed by atoms with E-state index < -0.39 is 0 Å². The molecule has 0 aliphatic carbocycles. The number of hydrogen-bond donors (Lipinski definition) is 3. The normalized spacial score (nSPS) is 11.3. The quantitative estimate of drug-likeness (QED) is 0.0621. The Hall–Kier alpha value is -3.82. The highest BCUT2D eigenvalue weighted by molar-refractivity contribution is 6.10. The molecule has 0 radical (unpaired) electrons. The minimum atomic E-state index is -0.355.